The van der Waals surface area contributed by atoms with Gasteiger partial charge in [-0.15, -0.1) is 0 Å². The Morgan fingerprint density at radius 3 is 2.83 bits per heavy atom. The Hall–Kier alpha value is -1.50. The summed E-state index contributed by atoms with van der Waals surface area (Å²) in [4.78, 5) is 17.7. The fourth-order valence-electron chi connectivity index (χ4n) is 1.62. The molecule has 100 valence electrons. The van der Waals surface area contributed by atoms with Gasteiger partial charge >= 0.3 is 0 Å². The molecular formula is C12H21N5O. The van der Waals surface area contributed by atoms with E-state index in [0.717, 1.165) is 31.7 Å². The van der Waals surface area contributed by atoms with Crippen LogP contribution in [0.1, 0.15) is 22.5 Å². The van der Waals surface area contributed by atoms with E-state index in [4.69, 9.17) is 5.84 Å². The summed E-state index contributed by atoms with van der Waals surface area (Å²) < 4.78 is 0. The van der Waals surface area contributed by atoms with Gasteiger partial charge in [0.1, 0.15) is 0 Å². The molecular weight excluding hydrogens is 230 g/mol. The molecule has 1 aromatic heterocycles. The Morgan fingerprint density at radius 2 is 2.28 bits per heavy atom. The average molecular weight is 251 g/mol. The fourth-order valence-corrected chi connectivity index (χ4v) is 1.62. The summed E-state index contributed by atoms with van der Waals surface area (Å²) in [5.41, 5.74) is 3.49. The molecule has 0 saturated carbocycles. The summed E-state index contributed by atoms with van der Waals surface area (Å²) in [5.74, 6) is 4.73. The summed E-state index contributed by atoms with van der Waals surface area (Å²) in [6.07, 6.45) is 2.64. The predicted molar refractivity (Wildman–Crippen MR) is 70.8 cm³/mol. The maximum Gasteiger partial charge on any atom is 0.266 e. The van der Waals surface area contributed by atoms with E-state index in [1.165, 1.54) is 0 Å². The van der Waals surface area contributed by atoms with E-state index in [0.29, 0.717) is 5.56 Å². The zero-order chi connectivity index (χ0) is 13.4. The summed E-state index contributed by atoms with van der Waals surface area (Å²) in [6.45, 7) is 2.79. The molecule has 0 radical (unpaired) electrons. The number of nitrogen functional groups attached to an aromatic ring is 1. The molecule has 0 aliphatic rings. The van der Waals surface area contributed by atoms with Crippen LogP contribution < -0.4 is 16.6 Å². The molecule has 0 saturated heterocycles. The highest BCUT2D eigenvalue weighted by Crippen LogP contribution is 2.03. The van der Waals surface area contributed by atoms with E-state index in [-0.39, 0.29) is 5.91 Å². The molecule has 4 N–H and O–H groups in total. The maximum absolute atomic E-state index is 11.2. The summed E-state index contributed by atoms with van der Waals surface area (Å²) in [6, 6.07) is 3.57. The highest BCUT2D eigenvalue weighted by atomic mass is 16.2. The number of hydrogen-bond donors (Lipinski definition) is 3. The monoisotopic (exact) mass is 251 g/mol. The molecule has 6 heteroatoms. The van der Waals surface area contributed by atoms with Crippen LogP contribution in [0, 0.1) is 0 Å². The molecule has 0 spiro atoms. The Balaban J connectivity index is 2.45. The molecule has 6 nitrogen and oxygen atoms in total. The zero-order valence-corrected chi connectivity index (χ0v) is 10.9. The molecule has 0 atom stereocenters. The number of aromatic nitrogens is 1. The van der Waals surface area contributed by atoms with Crippen LogP contribution in [0.5, 0.6) is 0 Å². The average Bonchev–Trinajstić information content (AvgIpc) is 2.39. The minimum atomic E-state index is -0.323. The number of hydrogen-bond acceptors (Lipinski definition) is 5. The van der Waals surface area contributed by atoms with Gasteiger partial charge in [0, 0.05) is 12.7 Å². The van der Waals surface area contributed by atoms with Crippen molar-refractivity contribution in [3.05, 3.63) is 29.6 Å². The van der Waals surface area contributed by atoms with Crippen LogP contribution in [-0.2, 0) is 6.54 Å². The first kappa shape index (κ1) is 14.6. The molecule has 1 amide bonds. The Bertz CT molecular complexity index is 365. The summed E-state index contributed by atoms with van der Waals surface area (Å²) >= 11 is 0. The molecule has 1 rings (SSSR count). The predicted octanol–water partition coefficient (Wildman–Crippen LogP) is -0.274. The number of nitrogens with zero attached hydrogens (tertiary/aromatic N) is 2. The third-order valence-electron chi connectivity index (χ3n) is 2.62. The summed E-state index contributed by atoms with van der Waals surface area (Å²) in [7, 11) is 4.00. The highest BCUT2D eigenvalue weighted by Gasteiger charge is 2.05. The molecule has 0 bridgehead atoms. The van der Waals surface area contributed by atoms with Gasteiger partial charge in [0.15, 0.2) is 0 Å². The van der Waals surface area contributed by atoms with E-state index in [2.05, 4.69) is 27.7 Å². The largest absolute Gasteiger partial charge is 0.320 e. The van der Waals surface area contributed by atoms with Crippen molar-refractivity contribution in [2.75, 3.05) is 27.2 Å². The first-order chi connectivity index (χ1) is 8.67. The minimum Gasteiger partial charge on any atom is -0.320 e. The van der Waals surface area contributed by atoms with E-state index < -0.39 is 0 Å². The standard InChI is InChI=1S/C12H21N5O/c1-14-6-3-7-17(2)9-11-5-4-10(8-15-11)12(18)16-13/h4-5,8,14H,3,6-7,9,13H2,1-2H3,(H,16,18). The van der Waals surface area contributed by atoms with Gasteiger partial charge in [-0.1, -0.05) is 0 Å². The lowest BCUT2D eigenvalue weighted by atomic mass is 10.2. The summed E-state index contributed by atoms with van der Waals surface area (Å²) in [5, 5.41) is 3.11. The van der Waals surface area contributed by atoms with Crippen molar-refractivity contribution in [3.63, 3.8) is 0 Å². The van der Waals surface area contributed by atoms with Crippen LogP contribution in [0.4, 0.5) is 0 Å². The van der Waals surface area contributed by atoms with E-state index in [1.807, 2.05) is 13.1 Å². The van der Waals surface area contributed by atoms with Crippen molar-refractivity contribution in [2.45, 2.75) is 13.0 Å². The van der Waals surface area contributed by atoms with Gasteiger partial charge in [-0.2, -0.15) is 0 Å². The highest BCUT2D eigenvalue weighted by molar-refractivity contribution is 5.93. The van der Waals surface area contributed by atoms with Gasteiger partial charge in [0.25, 0.3) is 5.91 Å². The topological polar surface area (TPSA) is 83.3 Å². The van der Waals surface area contributed by atoms with Crippen LogP contribution in [0.2, 0.25) is 0 Å². The van der Waals surface area contributed by atoms with Crippen LogP contribution in [0.25, 0.3) is 0 Å². The molecule has 0 aliphatic carbocycles. The third-order valence-corrected chi connectivity index (χ3v) is 2.62. The van der Waals surface area contributed by atoms with Crippen LogP contribution >= 0.6 is 0 Å². The molecule has 18 heavy (non-hydrogen) atoms. The number of carbonyl (C=O) groups is 1. The van der Waals surface area contributed by atoms with Gasteiger partial charge < -0.3 is 10.2 Å². The molecule has 0 aromatic carbocycles. The van der Waals surface area contributed by atoms with Gasteiger partial charge in [0.05, 0.1) is 11.3 Å². The van der Waals surface area contributed by atoms with Crippen LogP contribution in [-0.4, -0.2) is 43.0 Å². The lowest BCUT2D eigenvalue weighted by Crippen LogP contribution is -2.30. The second-order valence-corrected chi connectivity index (χ2v) is 4.21. The molecule has 0 fully saturated rings. The van der Waals surface area contributed by atoms with Crippen molar-refractivity contribution in [2.24, 2.45) is 5.84 Å². The Morgan fingerprint density at radius 1 is 1.50 bits per heavy atom. The fraction of sp³-hybridized carbons (Fsp3) is 0.500. The van der Waals surface area contributed by atoms with Crippen LogP contribution in [0.15, 0.2) is 18.3 Å². The van der Waals surface area contributed by atoms with E-state index >= 15 is 0 Å². The van der Waals surface area contributed by atoms with Crippen molar-refractivity contribution in [1.29, 1.82) is 0 Å². The molecule has 1 heterocycles. The van der Waals surface area contributed by atoms with Crippen molar-refractivity contribution < 1.29 is 4.79 Å². The number of hydrazine groups is 1. The number of nitrogens with two attached hydrogens (primary N) is 1. The second-order valence-electron chi connectivity index (χ2n) is 4.21. The van der Waals surface area contributed by atoms with E-state index in [1.54, 1.807) is 12.3 Å². The number of carbonyl (C=O) groups excluding carboxylic acids is 1. The van der Waals surface area contributed by atoms with Crippen LogP contribution in [0.3, 0.4) is 0 Å². The first-order valence-electron chi connectivity index (χ1n) is 5.96. The number of nitrogens with one attached hydrogen (secondary N) is 2. The quantitative estimate of drug-likeness (QED) is 0.269. The Kier molecular flexibility index (Phi) is 6.27. The Labute approximate surface area is 108 Å². The van der Waals surface area contributed by atoms with E-state index in [9.17, 15) is 4.79 Å². The lowest BCUT2D eigenvalue weighted by Gasteiger charge is -2.15. The van der Waals surface area contributed by atoms with Crippen molar-refractivity contribution >= 4 is 5.91 Å². The van der Waals surface area contributed by atoms with Gasteiger partial charge in [0.2, 0.25) is 0 Å². The lowest BCUT2D eigenvalue weighted by molar-refractivity contribution is 0.0953. The van der Waals surface area contributed by atoms with Gasteiger partial charge in [-0.25, -0.2) is 5.84 Å². The number of rotatable bonds is 7. The third kappa shape index (κ3) is 4.79. The van der Waals surface area contributed by atoms with Crippen molar-refractivity contribution in [3.8, 4) is 0 Å². The second kappa shape index (κ2) is 7.75. The molecule has 0 aliphatic heterocycles. The van der Waals surface area contributed by atoms with Crippen molar-refractivity contribution in [1.82, 2.24) is 20.6 Å². The maximum atomic E-state index is 11.2. The first-order valence-corrected chi connectivity index (χ1v) is 5.96. The number of amides is 1. The normalized spacial score (nSPS) is 10.7. The minimum absolute atomic E-state index is 0.323. The zero-order valence-electron chi connectivity index (χ0n) is 10.9. The number of pyridine rings is 1. The van der Waals surface area contributed by atoms with Gasteiger partial charge in [-0.3, -0.25) is 15.2 Å². The SMILES string of the molecule is CNCCCN(C)Cc1ccc(C(=O)NN)cn1. The van der Waals surface area contributed by atoms with Gasteiger partial charge in [-0.05, 0) is 45.7 Å². The smallest absolute Gasteiger partial charge is 0.266 e. The molecule has 1 aromatic rings. The molecule has 0 unspecified atom stereocenters.